The van der Waals surface area contributed by atoms with Crippen molar-refractivity contribution in [2.45, 2.75) is 40.5 Å². The van der Waals surface area contributed by atoms with Gasteiger partial charge in [0, 0.05) is 0 Å². The molecule has 0 heterocycles. The summed E-state index contributed by atoms with van der Waals surface area (Å²) in [7, 11) is 0. The van der Waals surface area contributed by atoms with Gasteiger partial charge in [0.2, 0.25) is 0 Å². The molecule has 0 aliphatic heterocycles. The minimum absolute atomic E-state index is 0. The molecular formula is C24H24Zr. The van der Waals surface area contributed by atoms with E-state index in [1.54, 1.807) is 0 Å². The third kappa shape index (κ3) is 3.32. The summed E-state index contributed by atoms with van der Waals surface area (Å²) in [6.07, 6.45) is 2.23. The molecule has 0 nitrogen and oxygen atoms in total. The van der Waals surface area contributed by atoms with E-state index in [1.165, 1.54) is 54.9 Å². The first-order valence-electron chi connectivity index (χ1n) is 8.84. The fourth-order valence-corrected chi connectivity index (χ4v) is 3.88. The van der Waals surface area contributed by atoms with Crippen LogP contribution in [0.4, 0.5) is 0 Å². The molecule has 0 bridgehead atoms. The summed E-state index contributed by atoms with van der Waals surface area (Å²) in [5, 5.41) is 5.68. The van der Waals surface area contributed by atoms with E-state index in [9.17, 15) is 0 Å². The van der Waals surface area contributed by atoms with Gasteiger partial charge in [-0.05, 0) is 26.7 Å². The summed E-state index contributed by atoms with van der Waals surface area (Å²) in [5.41, 5.74) is 8.45. The molecule has 1 heteroatoms. The quantitative estimate of drug-likeness (QED) is 0.345. The van der Waals surface area contributed by atoms with Crippen LogP contribution < -0.4 is 0 Å². The van der Waals surface area contributed by atoms with Gasteiger partial charge in [0.1, 0.15) is 0 Å². The maximum Gasteiger partial charge on any atom is 2.00 e. The van der Waals surface area contributed by atoms with Crippen LogP contribution >= 0.6 is 0 Å². The Bertz CT molecular complexity index is 879. The second-order valence-corrected chi connectivity index (χ2v) is 7.28. The third-order valence-electron chi connectivity index (χ3n) is 5.47. The van der Waals surface area contributed by atoms with Gasteiger partial charge in [0.05, 0.1) is 0 Å². The van der Waals surface area contributed by atoms with Crippen LogP contribution in [0.25, 0.3) is 21.5 Å². The number of benzene rings is 2. The average Bonchev–Trinajstić information content (AvgIpc) is 3.18. The second-order valence-electron chi connectivity index (χ2n) is 7.28. The first kappa shape index (κ1) is 18.3. The molecule has 0 spiro atoms. The van der Waals surface area contributed by atoms with E-state index in [2.05, 4.69) is 76.2 Å². The van der Waals surface area contributed by atoms with Gasteiger partial charge in [-0.25, -0.2) is 0 Å². The predicted molar refractivity (Wildman–Crippen MR) is 105 cm³/mol. The van der Waals surface area contributed by atoms with E-state index in [-0.39, 0.29) is 26.2 Å². The zero-order valence-corrected chi connectivity index (χ0v) is 18.0. The molecule has 0 aromatic heterocycles. The number of fused-ring (bicyclic) bond motifs is 2. The summed E-state index contributed by atoms with van der Waals surface area (Å²) in [6.45, 7) is 8.84. The predicted octanol–water partition coefficient (Wildman–Crippen LogP) is 6.45. The maximum atomic E-state index is 2.39. The van der Waals surface area contributed by atoms with Gasteiger partial charge >= 0.3 is 26.2 Å². The van der Waals surface area contributed by atoms with Crippen molar-refractivity contribution in [2.24, 2.45) is 0 Å². The SMILES string of the molecule is Cc1ccc(C)c2[cH-]c(CCc3cc4c(C)ccc(C)c4[cH-]3)cc12.[Zr+2]. The minimum atomic E-state index is 0. The Balaban J connectivity index is 0.00000182. The molecule has 4 aromatic carbocycles. The first-order valence-corrected chi connectivity index (χ1v) is 8.84. The largest absolute Gasteiger partial charge is 2.00 e. The van der Waals surface area contributed by atoms with Gasteiger partial charge in [-0.1, -0.05) is 37.1 Å². The van der Waals surface area contributed by atoms with Crippen molar-refractivity contribution in [3.05, 3.63) is 81.9 Å². The fraction of sp³-hybridized carbons (Fsp3) is 0.250. The van der Waals surface area contributed by atoms with E-state index in [0.29, 0.717) is 0 Å². The van der Waals surface area contributed by atoms with Crippen LogP contribution in [0, 0.1) is 27.7 Å². The van der Waals surface area contributed by atoms with Gasteiger partial charge in [0.15, 0.2) is 0 Å². The molecule has 0 saturated carbocycles. The Hall–Kier alpha value is -1.46. The van der Waals surface area contributed by atoms with E-state index >= 15 is 0 Å². The van der Waals surface area contributed by atoms with Gasteiger partial charge in [0.25, 0.3) is 0 Å². The molecule has 0 radical (unpaired) electrons. The summed E-state index contributed by atoms with van der Waals surface area (Å²) < 4.78 is 0. The number of hydrogen-bond acceptors (Lipinski definition) is 0. The molecule has 0 aliphatic carbocycles. The molecule has 124 valence electrons. The van der Waals surface area contributed by atoms with E-state index < -0.39 is 0 Å². The Kier molecular flexibility index (Phi) is 5.17. The summed E-state index contributed by atoms with van der Waals surface area (Å²) >= 11 is 0. The zero-order chi connectivity index (χ0) is 16.8. The van der Waals surface area contributed by atoms with Crippen LogP contribution in [-0.4, -0.2) is 0 Å². The molecule has 0 aliphatic rings. The molecule has 0 N–H and O–H groups in total. The third-order valence-corrected chi connectivity index (χ3v) is 5.47. The van der Waals surface area contributed by atoms with Gasteiger partial charge in [-0.15, -0.1) is 68.1 Å². The van der Waals surface area contributed by atoms with Crippen molar-refractivity contribution < 1.29 is 26.2 Å². The maximum absolute atomic E-state index is 2.39. The minimum Gasteiger partial charge on any atom is -0.165 e. The van der Waals surface area contributed by atoms with Crippen molar-refractivity contribution in [3.63, 3.8) is 0 Å². The Morgan fingerprint density at radius 3 is 1.32 bits per heavy atom. The van der Waals surface area contributed by atoms with E-state index in [4.69, 9.17) is 0 Å². The molecule has 25 heavy (non-hydrogen) atoms. The van der Waals surface area contributed by atoms with Crippen molar-refractivity contribution in [1.82, 2.24) is 0 Å². The molecule has 0 atom stereocenters. The molecule has 0 fully saturated rings. The molecule has 4 rings (SSSR count). The van der Waals surface area contributed by atoms with Crippen molar-refractivity contribution in [2.75, 3.05) is 0 Å². The summed E-state index contributed by atoms with van der Waals surface area (Å²) in [6, 6.07) is 18.5. The molecule has 0 amide bonds. The van der Waals surface area contributed by atoms with Crippen molar-refractivity contribution >= 4 is 21.5 Å². The summed E-state index contributed by atoms with van der Waals surface area (Å²) in [5.74, 6) is 0. The Labute approximate surface area is 169 Å². The van der Waals surface area contributed by atoms with Crippen LogP contribution in [0.15, 0.2) is 48.5 Å². The topological polar surface area (TPSA) is 0 Å². The van der Waals surface area contributed by atoms with Gasteiger partial charge in [-0.3, -0.25) is 0 Å². The van der Waals surface area contributed by atoms with Gasteiger partial charge in [-0.2, -0.15) is 12.1 Å². The molecule has 0 saturated heterocycles. The van der Waals surface area contributed by atoms with Crippen LogP contribution in [0.2, 0.25) is 0 Å². The standard InChI is InChI=1S/C24H24.Zr/c1-15-5-6-16(2)22-12-19(11-21(15)22)9-10-20-13-23-17(3)7-8-18(4)24(23)14-20;/h5-8,11-14H,9-10H2,1-4H3;/q-2;+2. The Morgan fingerprint density at radius 1 is 0.600 bits per heavy atom. The molecular weight excluding hydrogens is 379 g/mol. The first-order chi connectivity index (χ1) is 11.5. The van der Waals surface area contributed by atoms with Crippen LogP contribution in [0.5, 0.6) is 0 Å². The Morgan fingerprint density at radius 2 is 0.960 bits per heavy atom. The van der Waals surface area contributed by atoms with Crippen LogP contribution in [0.1, 0.15) is 33.4 Å². The number of rotatable bonds is 3. The molecule has 4 aromatic rings. The normalized spacial score (nSPS) is 11.2. The van der Waals surface area contributed by atoms with Crippen LogP contribution in [0.3, 0.4) is 0 Å². The second kappa shape index (κ2) is 7.04. The number of aryl methyl sites for hydroxylation is 6. The van der Waals surface area contributed by atoms with Gasteiger partial charge < -0.3 is 0 Å². The van der Waals surface area contributed by atoms with E-state index in [1.807, 2.05) is 0 Å². The zero-order valence-electron chi connectivity index (χ0n) is 15.5. The summed E-state index contributed by atoms with van der Waals surface area (Å²) in [4.78, 5) is 0. The van der Waals surface area contributed by atoms with Crippen LogP contribution in [-0.2, 0) is 39.0 Å². The van der Waals surface area contributed by atoms with E-state index in [0.717, 1.165) is 12.8 Å². The average molecular weight is 404 g/mol. The molecule has 0 unspecified atom stereocenters. The monoisotopic (exact) mass is 402 g/mol. The smallest absolute Gasteiger partial charge is 0.165 e. The van der Waals surface area contributed by atoms with Crippen molar-refractivity contribution in [3.8, 4) is 0 Å². The van der Waals surface area contributed by atoms with Crippen molar-refractivity contribution in [1.29, 1.82) is 0 Å². The number of hydrogen-bond donors (Lipinski definition) is 0. The fourth-order valence-electron chi connectivity index (χ4n) is 3.88.